The van der Waals surface area contributed by atoms with Gasteiger partial charge in [-0.05, 0) is 24.3 Å². The van der Waals surface area contributed by atoms with Gasteiger partial charge in [-0.1, -0.05) is 24.3 Å². The lowest BCUT2D eigenvalue weighted by Crippen LogP contribution is -2.41. The molecule has 1 fully saturated rings. The summed E-state index contributed by atoms with van der Waals surface area (Å²) >= 11 is 0. The summed E-state index contributed by atoms with van der Waals surface area (Å²) in [5, 5.41) is 2.89. The average molecular weight is 432 g/mol. The number of carbonyl (C=O) groups excluding carboxylic acids is 1. The van der Waals surface area contributed by atoms with E-state index in [0.29, 0.717) is 44.5 Å². The van der Waals surface area contributed by atoms with Gasteiger partial charge in [0.15, 0.2) is 5.82 Å². The highest BCUT2D eigenvalue weighted by Crippen LogP contribution is 2.16. The standard InChI is InChI=1S/C23H24N6O3/c30-21(24-15-20-25-16-5-1-2-6-17(16)26-20)9-10-29-19-8-4-3-7-18(19)27-22(23(29)31)28-11-13-32-14-12-28/h1-8H,9-15H2,(H,24,30)(H,25,26). The summed E-state index contributed by atoms with van der Waals surface area (Å²) in [6.07, 6.45) is 0.177. The SMILES string of the molecule is O=C(CCn1c(=O)c(N2CCOCC2)nc2ccccc21)NCc1nc2ccccc2[nH]1. The largest absolute Gasteiger partial charge is 0.378 e. The zero-order valence-electron chi connectivity index (χ0n) is 17.6. The van der Waals surface area contributed by atoms with Crippen molar-refractivity contribution in [1.82, 2.24) is 24.8 Å². The van der Waals surface area contributed by atoms with Crippen LogP contribution in [-0.4, -0.2) is 51.7 Å². The number of nitrogens with one attached hydrogen (secondary N) is 2. The summed E-state index contributed by atoms with van der Waals surface area (Å²) in [6.45, 7) is 2.96. The van der Waals surface area contributed by atoms with Gasteiger partial charge in [0, 0.05) is 26.1 Å². The number of fused-ring (bicyclic) bond motifs is 2. The minimum Gasteiger partial charge on any atom is -0.378 e. The first kappa shape index (κ1) is 20.2. The maximum atomic E-state index is 13.2. The van der Waals surface area contributed by atoms with Gasteiger partial charge >= 0.3 is 0 Å². The Bertz CT molecular complexity index is 1290. The van der Waals surface area contributed by atoms with Crippen LogP contribution >= 0.6 is 0 Å². The molecule has 5 rings (SSSR count). The second kappa shape index (κ2) is 8.80. The number of imidazole rings is 1. The van der Waals surface area contributed by atoms with Crippen LogP contribution < -0.4 is 15.8 Å². The fourth-order valence-electron chi connectivity index (χ4n) is 3.96. The number of hydrogen-bond donors (Lipinski definition) is 2. The Balaban J connectivity index is 1.32. The van der Waals surface area contributed by atoms with Crippen molar-refractivity contribution in [2.45, 2.75) is 19.5 Å². The third kappa shape index (κ3) is 4.06. The number of aromatic nitrogens is 4. The molecule has 0 radical (unpaired) electrons. The molecular formula is C23H24N6O3. The summed E-state index contributed by atoms with van der Waals surface area (Å²) in [6, 6.07) is 15.2. The van der Waals surface area contributed by atoms with E-state index >= 15 is 0 Å². The maximum Gasteiger partial charge on any atom is 0.294 e. The molecule has 1 amide bonds. The van der Waals surface area contributed by atoms with E-state index in [1.54, 1.807) is 4.57 Å². The molecule has 0 bridgehead atoms. The summed E-state index contributed by atoms with van der Waals surface area (Å²) in [4.78, 5) is 40.0. The summed E-state index contributed by atoms with van der Waals surface area (Å²) in [5.74, 6) is 0.960. The third-order valence-electron chi connectivity index (χ3n) is 5.60. The molecule has 1 saturated heterocycles. The van der Waals surface area contributed by atoms with Crippen molar-refractivity contribution in [3.63, 3.8) is 0 Å². The molecule has 1 aliphatic rings. The number of hydrogen-bond acceptors (Lipinski definition) is 6. The number of rotatable bonds is 6. The Labute approximate surface area is 184 Å². The number of H-pyrrole nitrogens is 1. The number of aryl methyl sites for hydroxylation is 1. The van der Waals surface area contributed by atoms with Crippen LogP contribution in [0, 0.1) is 0 Å². The fourth-order valence-corrected chi connectivity index (χ4v) is 3.96. The van der Waals surface area contributed by atoms with E-state index in [0.717, 1.165) is 22.1 Å². The highest BCUT2D eigenvalue weighted by molar-refractivity contribution is 5.78. The topological polar surface area (TPSA) is 105 Å². The first-order chi connectivity index (χ1) is 15.7. The molecule has 3 heterocycles. The third-order valence-corrected chi connectivity index (χ3v) is 5.60. The van der Waals surface area contributed by atoms with Crippen LogP contribution in [0.2, 0.25) is 0 Å². The minimum atomic E-state index is -0.185. The van der Waals surface area contributed by atoms with Gasteiger partial charge in [-0.3, -0.25) is 9.59 Å². The molecule has 9 heteroatoms. The average Bonchev–Trinajstić information content (AvgIpc) is 3.25. The first-order valence-electron chi connectivity index (χ1n) is 10.7. The lowest BCUT2D eigenvalue weighted by Gasteiger charge is -2.28. The van der Waals surface area contributed by atoms with Crippen molar-refractivity contribution in [1.29, 1.82) is 0 Å². The molecule has 9 nitrogen and oxygen atoms in total. The molecule has 164 valence electrons. The Kier molecular flexibility index (Phi) is 5.55. The molecule has 0 saturated carbocycles. The quantitative estimate of drug-likeness (QED) is 0.482. The maximum absolute atomic E-state index is 13.2. The lowest BCUT2D eigenvalue weighted by molar-refractivity contribution is -0.121. The van der Waals surface area contributed by atoms with Gasteiger partial charge in [-0.15, -0.1) is 0 Å². The van der Waals surface area contributed by atoms with Crippen LogP contribution in [-0.2, 0) is 22.6 Å². The van der Waals surface area contributed by atoms with Crippen LogP contribution in [0.1, 0.15) is 12.2 Å². The van der Waals surface area contributed by atoms with E-state index in [1.807, 2.05) is 53.4 Å². The summed E-state index contributed by atoms with van der Waals surface area (Å²) in [7, 11) is 0. The van der Waals surface area contributed by atoms with E-state index in [2.05, 4.69) is 20.3 Å². The van der Waals surface area contributed by atoms with E-state index in [-0.39, 0.29) is 24.4 Å². The number of carbonyl (C=O) groups is 1. The highest BCUT2D eigenvalue weighted by Gasteiger charge is 2.19. The normalized spacial score (nSPS) is 14.2. The Morgan fingerprint density at radius 3 is 2.59 bits per heavy atom. The van der Waals surface area contributed by atoms with Gasteiger partial charge in [0.2, 0.25) is 5.91 Å². The predicted octanol–water partition coefficient (Wildman–Crippen LogP) is 1.82. The Morgan fingerprint density at radius 2 is 1.78 bits per heavy atom. The van der Waals surface area contributed by atoms with Gasteiger partial charge in [0.05, 0.1) is 41.8 Å². The molecule has 1 aliphatic heterocycles. The van der Waals surface area contributed by atoms with E-state index in [4.69, 9.17) is 4.74 Å². The van der Waals surface area contributed by atoms with E-state index in [9.17, 15) is 9.59 Å². The molecule has 0 aliphatic carbocycles. The van der Waals surface area contributed by atoms with Crippen molar-refractivity contribution in [2.24, 2.45) is 0 Å². The van der Waals surface area contributed by atoms with Crippen LogP contribution in [0.3, 0.4) is 0 Å². The van der Waals surface area contributed by atoms with Crippen molar-refractivity contribution in [3.05, 3.63) is 64.7 Å². The molecule has 0 atom stereocenters. The number of benzene rings is 2. The molecule has 2 aromatic heterocycles. The van der Waals surface area contributed by atoms with Crippen molar-refractivity contribution >= 4 is 33.8 Å². The summed E-state index contributed by atoms with van der Waals surface area (Å²) in [5.41, 5.74) is 3.07. The van der Waals surface area contributed by atoms with Crippen molar-refractivity contribution in [3.8, 4) is 0 Å². The van der Waals surface area contributed by atoms with Crippen molar-refractivity contribution in [2.75, 3.05) is 31.2 Å². The first-order valence-corrected chi connectivity index (χ1v) is 10.7. The molecule has 2 aromatic carbocycles. The van der Waals surface area contributed by atoms with Crippen LogP contribution in [0.4, 0.5) is 5.82 Å². The van der Waals surface area contributed by atoms with Crippen LogP contribution in [0.25, 0.3) is 22.1 Å². The number of para-hydroxylation sites is 4. The molecule has 32 heavy (non-hydrogen) atoms. The molecule has 4 aromatic rings. The second-order valence-corrected chi connectivity index (χ2v) is 7.71. The Hall–Kier alpha value is -3.72. The number of ether oxygens (including phenoxy) is 1. The van der Waals surface area contributed by atoms with E-state index in [1.165, 1.54) is 0 Å². The Morgan fingerprint density at radius 1 is 1.03 bits per heavy atom. The molecular weight excluding hydrogens is 408 g/mol. The van der Waals surface area contributed by atoms with E-state index < -0.39 is 0 Å². The minimum absolute atomic E-state index is 0.147. The zero-order valence-corrected chi connectivity index (χ0v) is 17.6. The number of amides is 1. The highest BCUT2D eigenvalue weighted by atomic mass is 16.5. The second-order valence-electron chi connectivity index (χ2n) is 7.71. The number of morpholine rings is 1. The summed E-state index contributed by atoms with van der Waals surface area (Å²) < 4.78 is 7.05. The lowest BCUT2D eigenvalue weighted by atomic mass is 10.2. The van der Waals surface area contributed by atoms with Gasteiger partial charge < -0.3 is 24.5 Å². The van der Waals surface area contributed by atoms with Gasteiger partial charge in [0.25, 0.3) is 5.56 Å². The zero-order chi connectivity index (χ0) is 21.9. The fraction of sp³-hybridized carbons (Fsp3) is 0.304. The molecule has 2 N–H and O–H groups in total. The van der Waals surface area contributed by atoms with Crippen molar-refractivity contribution < 1.29 is 9.53 Å². The predicted molar refractivity (Wildman–Crippen MR) is 122 cm³/mol. The van der Waals surface area contributed by atoms with Gasteiger partial charge in [0.1, 0.15) is 5.82 Å². The number of aromatic amines is 1. The van der Waals surface area contributed by atoms with Crippen LogP contribution in [0.15, 0.2) is 53.3 Å². The van der Waals surface area contributed by atoms with Gasteiger partial charge in [-0.2, -0.15) is 0 Å². The monoisotopic (exact) mass is 432 g/mol. The number of nitrogens with zero attached hydrogens (tertiary/aromatic N) is 4. The number of anilines is 1. The van der Waals surface area contributed by atoms with Gasteiger partial charge in [-0.25, -0.2) is 9.97 Å². The van der Waals surface area contributed by atoms with Crippen LogP contribution in [0.5, 0.6) is 0 Å². The molecule has 0 unspecified atom stereocenters. The smallest absolute Gasteiger partial charge is 0.294 e. The molecule has 0 spiro atoms.